The van der Waals surface area contributed by atoms with Gasteiger partial charge in [0.2, 0.25) is 0 Å². The summed E-state index contributed by atoms with van der Waals surface area (Å²) in [7, 11) is 0. The SMILES string of the molecule is Cc1ccccc1CN1CCCN(C(=O)c2ccc(F)cc2I)CC1. The minimum absolute atomic E-state index is 0.00198. The first-order valence-electron chi connectivity index (χ1n) is 8.56. The molecule has 0 aliphatic carbocycles. The molecule has 0 N–H and O–H groups in total. The molecule has 1 aliphatic rings. The molecule has 0 aromatic heterocycles. The number of carbonyl (C=O) groups excluding carboxylic acids is 1. The van der Waals surface area contributed by atoms with E-state index in [1.54, 1.807) is 6.07 Å². The molecule has 0 bridgehead atoms. The van der Waals surface area contributed by atoms with E-state index >= 15 is 0 Å². The molecule has 1 heterocycles. The van der Waals surface area contributed by atoms with Crippen molar-refractivity contribution in [1.29, 1.82) is 0 Å². The number of benzene rings is 2. The quantitative estimate of drug-likeness (QED) is 0.656. The first-order chi connectivity index (χ1) is 12.0. The van der Waals surface area contributed by atoms with Crippen molar-refractivity contribution < 1.29 is 9.18 Å². The van der Waals surface area contributed by atoms with Crippen LogP contribution in [0.3, 0.4) is 0 Å². The summed E-state index contributed by atoms with van der Waals surface area (Å²) >= 11 is 2.03. The normalized spacial score (nSPS) is 15.9. The topological polar surface area (TPSA) is 23.6 Å². The molecule has 0 spiro atoms. The number of amides is 1. The molecule has 132 valence electrons. The Bertz CT molecular complexity index is 765. The minimum Gasteiger partial charge on any atom is -0.337 e. The van der Waals surface area contributed by atoms with Crippen LogP contribution in [0.25, 0.3) is 0 Å². The van der Waals surface area contributed by atoms with Crippen molar-refractivity contribution >= 4 is 28.5 Å². The number of nitrogens with zero attached hydrogens (tertiary/aromatic N) is 2. The Labute approximate surface area is 162 Å². The van der Waals surface area contributed by atoms with Crippen LogP contribution in [0.1, 0.15) is 27.9 Å². The van der Waals surface area contributed by atoms with Gasteiger partial charge in [-0.05, 0) is 65.3 Å². The number of halogens is 2. The lowest BCUT2D eigenvalue weighted by Crippen LogP contribution is -2.35. The fourth-order valence-electron chi connectivity index (χ4n) is 3.19. The largest absolute Gasteiger partial charge is 0.337 e. The number of rotatable bonds is 3. The molecule has 2 aromatic rings. The van der Waals surface area contributed by atoms with Crippen molar-refractivity contribution in [3.63, 3.8) is 0 Å². The molecule has 0 radical (unpaired) electrons. The second-order valence-corrected chi connectivity index (χ2v) is 7.63. The summed E-state index contributed by atoms with van der Waals surface area (Å²) in [6.07, 6.45) is 0.954. The van der Waals surface area contributed by atoms with Gasteiger partial charge < -0.3 is 4.90 Å². The Kier molecular flexibility index (Phi) is 6.06. The molecule has 3 rings (SSSR count). The third-order valence-corrected chi connectivity index (χ3v) is 5.58. The highest BCUT2D eigenvalue weighted by Crippen LogP contribution is 2.18. The third-order valence-electron chi connectivity index (χ3n) is 4.69. The van der Waals surface area contributed by atoms with Crippen LogP contribution in [0.2, 0.25) is 0 Å². The monoisotopic (exact) mass is 452 g/mol. The first-order valence-corrected chi connectivity index (χ1v) is 9.63. The highest BCUT2D eigenvalue weighted by Gasteiger charge is 2.22. The zero-order chi connectivity index (χ0) is 17.8. The van der Waals surface area contributed by atoms with Gasteiger partial charge in [-0.3, -0.25) is 9.69 Å². The second kappa shape index (κ2) is 8.27. The van der Waals surface area contributed by atoms with Gasteiger partial charge in [0.15, 0.2) is 0 Å². The van der Waals surface area contributed by atoms with Crippen LogP contribution < -0.4 is 0 Å². The second-order valence-electron chi connectivity index (χ2n) is 6.47. The molecule has 1 aliphatic heterocycles. The third kappa shape index (κ3) is 4.58. The highest BCUT2D eigenvalue weighted by molar-refractivity contribution is 14.1. The van der Waals surface area contributed by atoms with E-state index in [9.17, 15) is 9.18 Å². The lowest BCUT2D eigenvalue weighted by atomic mass is 10.1. The lowest BCUT2D eigenvalue weighted by Gasteiger charge is -2.23. The predicted molar refractivity (Wildman–Crippen MR) is 106 cm³/mol. The van der Waals surface area contributed by atoms with Crippen molar-refractivity contribution in [3.8, 4) is 0 Å². The summed E-state index contributed by atoms with van der Waals surface area (Å²) in [6, 6.07) is 12.8. The summed E-state index contributed by atoms with van der Waals surface area (Å²) in [6.45, 7) is 6.35. The van der Waals surface area contributed by atoms with Gasteiger partial charge in [-0.2, -0.15) is 0 Å². The minimum atomic E-state index is -0.304. The molecule has 0 saturated carbocycles. The molecule has 3 nitrogen and oxygen atoms in total. The Hall–Kier alpha value is -1.47. The van der Waals surface area contributed by atoms with E-state index in [2.05, 4.69) is 36.1 Å². The van der Waals surface area contributed by atoms with Crippen molar-refractivity contribution in [1.82, 2.24) is 9.80 Å². The van der Waals surface area contributed by atoms with Gasteiger partial charge in [0.25, 0.3) is 5.91 Å². The van der Waals surface area contributed by atoms with Crippen LogP contribution in [0.4, 0.5) is 4.39 Å². The van der Waals surface area contributed by atoms with Gasteiger partial charge in [0, 0.05) is 36.3 Å². The van der Waals surface area contributed by atoms with Gasteiger partial charge in [-0.25, -0.2) is 4.39 Å². The van der Waals surface area contributed by atoms with Gasteiger partial charge in [0.05, 0.1) is 5.56 Å². The molecule has 0 unspecified atom stereocenters. The van der Waals surface area contributed by atoms with E-state index in [-0.39, 0.29) is 11.7 Å². The van der Waals surface area contributed by atoms with Crippen molar-refractivity contribution in [2.24, 2.45) is 0 Å². The molecular weight excluding hydrogens is 430 g/mol. The molecule has 5 heteroatoms. The van der Waals surface area contributed by atoms with Crippen molar-refractivity contribution in [3.05, 3.63) is 68.5 Å². The van der Waals surface area contributed by atoms with E-state index in [0.717, 1.165) is 32.6 Å². The Morgan fingerprint density at radius 1 is 1.12 bits per heavy atom. The van der Waals surface area contributed by atoms with Crippen LogP contribution in [-0.4, -0.2) is 41.9 Å². The average Bonchev–Trinajstić information content (AvgIpc) is 2.82. The lowest BCUT2D eigenvalue weighted by molar-refractivity contribution is 0.0760. The van der Waals surface area contributed by atoms with Crippen LogP contribution >= 0.6 is 22.6 Å². The van der Waals surface area contributed by atoms with E-state index in [1.807, 2.05) is 27.5 Å². The molecule has 1 amide bonds. The number of carbonyl (C=O) groups is 1. The van der Waals surface area contributed by atoms with Gasteiger partial charge in [-0.1, -0.05) is 24.3 Å². The zero-order valence-electron chi connectivity index (χ0n) is 14.3. The maximum atomic E-state index is 13.3. The summed E-state index contributed by atoms with van der Waals surface area (Å²) in [4.78, 5) is 17.1. The smallest absolute Gasteiger partial charge is 0.254 e. The molecule has 0 atom stereocenters. The summed E-state index contributed by atoms with van der Waals surface area (Å²) in [5.41, 5.74) is 3.24. The standard InChI is InChI=1S/C20H22FIN2O/c1-15-5-2-3-6-16(15)14-23-9-4-10-24(12-11-23)20(25)18-8-7-17(21)13-19(18)22/h2-3,5-8,13H,4,9-12,14H2,1H3. The summed E-state index contributed by atoms with van der Waals surface area (Å²) in [5, 5.41) is 0. The van der Waals surface area contributed by atoms with Crippen LogP contribution in [0.15, 0.2) is 42.5 Å². The summed E-state index contributed by atoms with van der Waals surface area (Å²) < 4.78 is 13.9. The fraction of sp³-hybridized carbons (Fsp3) is 0.350. The fourth-order valence-corrected chi connectivity index (χ4v) is 3.90. The van der Waals surface area contributed by atoms with E-state index < -0.39 is 0 Å². The maximum Gasteiger partial charge on any atom is 0.254 e. The number of hydrogen-bond donors (Lipinski definition) is 0. The van der Waals surface area contributed by atoms with Crippen LogP contribution in [0, 0.1) is 16.3 Å². The Morgan fingerprint density at radius 3 is 2.68 bits per heavy atom. The van der Waals surface area contributed by atoms with E-state index in [4.69, 9.17) is 0 Å². The van der Waals surface area contributed by atoms with Crippen molar-refractivity contribution in [2.75, 3.05) is 26.2 Å². The number of aryl methyl sites for hydroxylation is 1. The van der Waals surface area contributed by atoms with Gasteiger partial charge in [0.1, 0.15) is 5.82 Å². The molecule has 25 heavy (non-hydrogen) atoms. The molecule has 1 saturated heterocycles. The van der Waals surface area contributed by atoms with Crippen molar-refractivity contribution in [2.45, 2.75) is 19.9 Å². The molecule has 2 aromatic carbocycles. The Morgan fingerprint density at radius 2 is 1.92 bits per heavy atom. The van der Waals surface area contributed by atoms with Crippen LogP contribution in [-0.2, 0) is 6.54 Å². The molecular formula is C20H22FIN2O. The summed E-state index contributed by atoms with van der Waals surface area (Å²) in [5.74, 6) is -0.302. The van der Waals surface area contributed by atoms with E-state index in [1.165, 1.54) is 23.3 Å². The highest BCUT2D eigenvalue weighted by atomic mass is 127. The zero-order valence-corrected chi connectivity index (χ0v) is 16.5. The van der Waals surface area contributed by atoms with Crippen LogP contribution in [0.5, 0.6) is 0 Å². The van der Waals surface area contributed by atoms with E-state index in [0.29, 0.717) is 15.7 Å². The Balaban J connectivity index is 1.65. The molecule has 1 fully saturated rings. The first kappa shape index (κ1) is 18.3. The van der Waals surface area contributed by atoms with Gasteiger partial charge >= 0.3 is 0 Å². The predicted octanol–water partition coefficient (Wildman–Crippen LogP) is 4.09. The average molecular weight is 452 g/mol. The maximum absolute atomic E-state index is 13.3. The van der Waals surface area contributed by atoms with Gasteiger partial charge in [-0.15, -0.1) is 0 Å². The number of hydrogen-bond acceptors (Lipinski definition) is 2.